The topological polar surface area (TPSA) is 26.3 Å². The molecule has 0 heterocycles. The van der Waals surface area contributed by atoms with Crippen molar-refractivity contribution in [2.45, 2.75) is 33.6 Å². The molecule has 0 aliphatic heterocycles. The third-order valence-corrected chi connectivity index (χ3v) is 6.34. The lowest BCUT2D eigenvalue weighted by molar-refractivity contribution is -0.147. The summed E-state index contributed by atoms with van der Waals surface area (Å²) >= 11 is 6.67. The largest absolute Gasteiger partial charge is 0.461 e. The summed E-state index contributed by atoms with van der Waals surface area (Å²) in [6.45, 7) is 6.06. The number of hydrogen-bond acceptors (Lipinski definition) is 2. The zero-order valence-corrected chi connectivity index (χ0v) is 19.9. The summed E-state index contributed by atoms with van der Waals surface area (Å²) in [6, 6.07) is 10.6. The van der Waals surface area contributed by atoms with Crippen LogP contribution >= 0.6 is 31.9 Å². The molecular weight excluding hydrogens is 525 g/mol. The summed E-state index contributed by atoms with van der Waals surface area (Å²) in [4.78, 5) is 12.6. The second-order valence-corrected chi connectivity index (χ2v) is 10.8. The minimum Gasteiger partial charge on any atom is -0.461 e. The molecule has 0 saturated heterocycles. The fourth-order valence-electron chi connectivity index (χ4n) is 3.80. The van der Waals surface area contributed by atoms with Gasteiger partial charge >= 0.3 is 12.1 Å². The first kappa shape index (κ1) is 23.1. The normalized spacial score (nSPS) is 19.9. The lowest BCUT2D eigenvalue weighted by Gasteiger charge is -2.13. The van der Waals surface area contributed by atoms with E-state index in [2.05, 4.69) is 31.9 Å². The Labute approximate surface area is 190 Å². The molecule has 0 N–H and O–H groups in total. The minimum atomic E-state index is -4.36. The Kier molecular flexibility index (Phi) is 6.54. The van der Waals surface area contributed by atoms with Gasteiger partial charge in [0.25, 0.3) is 0 Å². The Morgan fingerprint density at radius 1 is 1.13 bits per heavy atom. The summed E-state index contributed by atoms with van der Waals surface area (Å²) in [5.74, 6) is -0.360. The Balaban J connectivity index is 1.73. The Morgan fingerprint density at radius 2 is 1.77 bits per heavy atom. The molecule has 160 valence electrons. The molecule has 0 unspecified atom stereocenters. The zero-order valence-electron chi connectivity index (χ0n) is 16.7. The number of ether oxygens (including phenoxy) is 1. The maximum atomic E-state index is 12.8. The molecule has 1 aliphatic rings. The first-order valence-corrected chi connectivity index (χ1v) is 11.0. The third-order valence-electron chi connectivity index (χ3n) is 5.81. The number of esters is 1. The monoisotopic (exact) mass is 544 g/mol. The van der Waals surface area contributed by atoms with Crippen LogP contribution in [0.25, 0.3) is 11.1 Å². The molecule has 30 heavy (non-hydrogen) atoms. The number of benzene rings is 2. The average Bonchev–Trinajstić information content (AvgIpc) is 3.19. The molecule has 0 amide bonds. The van der Waals surface area contributed by atoms with Gasteiger partial charge in [-0.3, -0.25) is 4.79 Å². The van der Waals surface area contributed by atoms with Gasteiger partial charge in [0, 0.05) is 0 Å². The van der Waals surface area contributed by atoms with E-state index in [0.29, 0.717) is 5.56 Å². The van der Waals surface area contributed by atoms with Crippen LogP contribution in [-0.4, -0.2) is 5.97 Å². The van der Waals surface area contributed by atoms with Crippen LogP contribution in [0.5, 0.6) is 0 Å². The van der Waals surface area contributed by atoms with Gasteiger partial charge in [-0.25, -0.2) is 0 Å². The minimum absolute atomic E-state index is 0.0957. The van der Waals surface area contributed by atoms with E-state index in [1.165, 1.54) is 12.1 Å². The first-order valence-electron chi connectivity index (χ1n) is 9.38. The molecule has 0 spiro atoms. The molecule has 2 atom stereocenters. The highest BCUT2D eigenvalue weighted by Gasteiger charge is 2.61. The van der Waals surface area contributed by atoms with Crippen molar-refractivity contribution in [2.24, 2.45) is 17.3 Å². The number of hydrogen-bond donors (Lipinski definition) is 0. The number of allylic oxidation sites excluding steroid dienone is 1. The van der Waals surface area contributed by atoms with E-state index in [0.717, 1.165) is 32.2 Å². The molecule has 2 nitrogen and oxygen atoms in total. The summed E-state index contributed by atoms with van der Waals surface area (Å²) in [5, 5.41) is 0. The van der Waals surface area contributed by atoms with Gasteiger partial charge in [0.1, 0.15) is 6.61 Å². The summed E-state index contributed by atoms with van der Waals surface area (Å²) in [7, 11) is 0. The lowest BCUT2D eigenvalue weighted by Crippen LogP contribution is -2.11. The summed E-state index contributed by atoms with van der Waals surface area (Å²) < 4.78 is 44.8. The molecule has 2 aromatic rings. The SMILES string of the molecule is Cc1c(COC(=O)[C@@H]2[C@H](C=C(Br)Br)C2(C)C)cccc1-c1ccc(C(F)(F)F)cc1. The van der Waals surface area contributed by atoms with Crippen molar-refractivity contribution in [1.29, 1.82) is 0 Å². The van der Waals surface area contributed by atoms with Crippen molar-refractivity contribution in [1.82, 2.24) is 0 Å². The molecule has 0 radical (unpaired) electrons. The molecule has 3 rings (SSSR count). The number of carbonyl (C=O) groups excluding carboxylic acids is 1. The number of halogens is 5. The molecule has 1 aliphatic carbocycles. The van der Waals surface area contributed by atoms with Crippen molar-refractivity contribution in [2.75, 3.05) is 0 Å². The van der Waals surface area contributed by atoms with Crippen molar-refractivity contribution >= 4 is 37.8 Å². The molecule has 0 bridgehead atoms. The van der Waals surface area contributed by atoms with Crippen LogP contribution in [0.15, 0.2) is 51.9 Å². The van der Waals surface area contributed by atoms with Crippen LogP contribution in [0.4, 0.5) is 13.2 Å². The molecule has 1 saturated carbocycles. The van der Waals surface area contributed by atoms with Crippen molar-refractivity contribution < 1.29 is 22.7 Å². The van der Waals surface area contributed by atoms with Gasteiger partial charge < -0.3 is 4.74 Å². The number of carbonyl (C=O) groups is 1. The standard InChI is InChI=1S/C23H21Br2F3O2/c1-13-15(12-30-21(29)20-18(11-19(24)25)22(20,2)3)5-4-6-17(13)14-7-9-16(10-8-14)23(26,27)28/h4-11,18,20H,12H2,1-3H3/t18-,20-/m0/s1. The van der Waals surface area contributed by atoms with Crippen LogP contribution in [0, 0.1) is 24.2 Å². The van der Waals surface area contributed by atoms with Gasteiger partial charge in [0.15, 0.2) is 0 Å². The van der Waals surface area contributed by atoms with Gasteiger partial charge in [-0.2, -0.15) is 13.2 Å². The predicted molar refractivity (Wildman–Crippen MR) is 118 cm³/mol. The highest BCUT2D eigenvalue weighted by atomic mass is 79.9. The zero-order chi connectivity index (χ0) is 22.3. The summed E-state index contributed by atoms with van der Waals surface area (Å²) in [6.07, 6.45) is -2.40. The van der Waals surface area contributed by atoms with Crippen LogP contribution in [0.3, 0.4) is 0 Å². The van der Waals surface area contributed by atoms with Crippen LogP contribution in [0.2, 0.25) is 0 Å². The Morgan fingerprint density at radius 3 is 2.33 bits per heavy atom. The van der Waals surface area contributed by atoms with E-state index in [1.807, 2.05) is 45.0 Å². The predicted octanol–water partition coefficient (Wildman–Crippen LogP) is 7.63. The van der Waals surface area contributed by atoms with E-state index >= 15 is 0 Å². The number of rotatable bonds is 5. The van der Waals surface area contributed by atoms with Crippen LogP contribution in [0.1, 0.15) is 30.5 Å². The highest BCUT2D eigenvalue weighted by molar-refractivity contribution is 9.28. The molecular formula is C23H21Br2F3O2. The fourth-order valence-corrected chi connectivity index (χ4v) is 4.37. The molecule has 0 aromatic heterocycles. The van der Waals surface area contributed by atoms with E-state index in [4.69, 9.17) is 4.74 Å². The van der Waals surface area contributed by atoms with E-state index in [1.54, 1.807) is 0 Å². The molecule has 1 fully saturated rings. The van der Waals surface area contributed by atoms with Crippen molar-refractivity contribution in [3.05, 3.63) is 68.6 Å². The van der Waals surface area contributed by atoms with E-state index in [9.17, 15) is 18.0 Å². The molecule has 7 heteroatoms. The smallest absolute Gasteiger partial charge is 0.416 e. The van der Waals surface area contributed by atoms with Crippen LogP contribution in [-0.2, 0) is 22.3 Å². The fraction of sp³-hybridized carbons (Fsp3) is 0.348. The second-order valence-electron chi connectivity index (χ2n) is 8.05. The first-order chi connectivity index (χ1) is 13.9. The Hall–Kier alpha value is -1.60. The molecule has 2 aromatic carbocycles. The van der Waals surface area contributed by atoms with Crippen LogP contribution < -0.4 is 0 Å². The van der Waals surface area contributed by atoms with Gasteiger partial charge in [-0.15, -0.1) is 0 Å². The van der Waals surface area contributed by atoms with Crippen molar-refractivity contribution in [3.63, 3.8) is 0 Å². The van der Waals surface area contributed by atoms with Crippen molar-refractivity contribution in [3.8, 4) is 11.1 Å². The van der Waals surface area contributed by atoms with Gasteiger partial charge in [0.05, 0.1) is 14.9 Å². The quantitative estimate of drug-likeness (QED) is 0.361. The highest BCUT2D eigenvalue weighted by Crippen LogP contribution is 2.60. The van der Waals surface area contributed by atoms with Gasteiger partial charge in [-0.05, 0) is 84.5 Å². The lowest BCUT2D eigenvalue weighted by atomic mass is 9.96. The maximum Gasteiger partial charge on any atom is 0.416 e. The third kappa shape index (κ3) is 4.83. The van der Waals surface area contributed by atoms with E-state index < -0.39 is 11.7 Å². The summed E-state index contributed by atoms with van der Waals surface area (Å²) in [5.41, 5.74) is 2.35. The Bertz CT molecular complexity index is 975. The second kappa shape index (κ2) is 8.50. The average molecular weight is 546 g/mol. The van der Waals surface area contributed by atoms with Gasteiger partial charge in [0.2, 0.25) is 0 Å². The van der Waals surface area contributed by atoms with Gasteiger partial charge in [-0.1, -0.05) is 50.3 Å². The maximum absolute atomic E-state index is 12.8. The van der Waals surface area contributed by atoms with E-state index in [-0.39, 0.29) is 29.8 Å². The number of alkyl halides is 3.